The van der Waals surface area contributed by atoms with E-state index in [-0.39, 0.29) is 0 Å². The predicted octanol–water partition coefficient (Wildman–Crippen LogP) is 2.17. The third-order valence-electron chi connectivity index (χ3n) is 1.34. The molecule has 0 radical (unpaired) electrons. The van der Waals surface area contributed by atoms with Gasteiger partial charge in [-0.05, 0) is 25.8 Å². The van der Waals surface area contributed by atoms with E-state index in [1.807, 2.05) is 6.08 Å². The number of rotatable bonds is 4. The van der Waals surface area contributed by atoms with Crippen LogP contribution in [-0.2, 0) is 0 Å². The summed E-state index contributed by atoms with van der Waals surface area (Å²) in [5, 5.41) is 10.2. The van der Waals surface area contributed by atoms with E-state index >= 15 is 0 Å². The van der Waals surface area contributed by atoms with E-state index < -0.39 is 0 Å². The summed E-state index contributed by atoms with van der Waals surface area (Å²) in [5.74, 6) is 0.471. The summed E-state index contributed by atoms with van der Waals surface area (Å²) in [4.78, 5) is 0. The average Bonchev–Trinajstić information content (AvgIpc) is 1.86. The van der Waals surface area contributed by atoms with Crippen molar-refractivity contribution < 1.29 is 0 Å². The van der Waals surface area contributed by atoms with Gasteiger partial charge in [0.25, 0.3) is 0 Å². The van der Waals surface area contributed by atoms with Crippen LogP contribution in [0.4, 0.5) is 0 Å². The van der Waals surface area contributed by atoms with E-state index in [4.69, 9.17) is 5.41 Å². The molecular formula is C9H18N2. The second-order valence-corrected chi connectivity index (χ2v) is 3.24. The Bertz CT molecular complexity index is 146. The van der Waals surface area contributed by atoms with Crippen molar-refractivity contribution >= 4 is 6.21 Å². The fourth-order valence-corrected chi connectivity index (χ4v) is 0.830. The van der Waals surface area contributed by atoms with Crippen molar-refractivity contribution in [2.75, 3.05) is 0 Å². The number of nitrogens with one attached hydrogen (secondary N) is 2. The van der Waals surface area contributed by atoms with Gasteiger partial charge in [-0.3, -0.25) is 0 Å². The number of allylic oxidation sites excluding steroid dienone is 2. The second kappa shape index (κ2) is 4.94. The lowest BCUT2D eigenvalue weighted by Crippen LogP contribution is -2.24. The molecule has 2 nitrogen and oxygen atoms in total. The Morgan fingerprint density at radius 1 is 1.27 bits per heavy atom. The summed E-state index contributed by atoms with van der Waals surface area (Å²) in [6.07, 6.45) is 3.13. The van der Waals surface area contributed by atoms with Crippen molar-refractivity contribution in [3.8, 4) is 0 Å². The molecule has 0 aliphatic rings. The van der Waals surface area contributed by atoms with Crippen molar-refractivity contribution in [2.45, 2.75) is 33.7 Å². The molecule has 0 atom stereocenters. The van der Waals surface area contributed by atoms with Crippen molar-refractivity contribution in [1.82, 2.24) is 5.32 Å². The monoisotopic (exact) mass is 154 g/mol. The van der Waals surface area contributed by atoms with Gasteiger partial charge < -0.3 is 10.7 Å². The van der Waals surface area contributed by atoms with Gasteiger partial charge in [-0.15, -0.1) is 0 Å². The molecule has 0 aliphatic carbocycles. The molecule has 0 aromatic heterocycles. The van der Waals surface area contributed by atoms with Crippen LogP contribution in [0.1, 0.15) is 27.7 Å². The molecule has 0 bridgehead atoms. The molecule has 0 aromatic rings. The van der Waals surface area contributed by atoms with E-state index in [2.05, 4.69) is 33.0 Å². The first-order valence-electron chi connectivity index (χ1n) is 4.05. The maximum absolute atomic E-state index is 6.93. The van der Waals surface area contributed by atoms with Crippen molar-refractivity contribution in [2.24, 2.45) is 5.92 Å². The average molecular weight is 154 g/mol. The molecule has 0 saturated carbocycles. The Kier molecular flexibility index (Phi) is 4.59. The molecule has 0 aromatic carbocycles. The van der Waals surface area contributed by atoms with Crippen LogP contribution in [0.2, 0.25) is 0 Å². The fraction of sp³-hybridized carbons (Fsp3) is 0.667. The largest absolute Gasteiger partial charge is 0.386 e. The molecule has 64 valence electrons. The van der Waals surface area contributed by atoms with Crippen LogP contribution in [0.5, 0.6) is 0 Å². The van der Waals surface area contributed by atoms with Crippen LogP contribution in [-0.4, -0.2) is 12.3 Å². The summed E-state index contributed by atoms with van der Waals surface area (Å²) >= 11 is 0. The van der Waals surface area contributed by atoms with Crippen LogP contribution in [0.15, 0.2) is 11.8 Å². The van der Waals surface area contributed by atoms with Crippen molar-refractivity contribution in [1.29, 1.82) is 5.41 Å². The van der Waals surface area contributed by atoms with Gasteiger partial charge in [-0.2, -0.15) is 0 Å². The van der Waals surface area contributed by atoms with Crippen LogP contribution in [0, 0.1) is 11.3 Å². The molecule has 2 N–H and O–H groups in total. The first kappa shape index (κ1) is 10.2. The smallest absolute Gasteiger partial charge is 0.0201 e. The molecule has 0 unspecified atom stereocenters. The van der Waals surface area contributed by atoms with Crippen molar-refractivity contribution in [3.63, 3.8) is 0 Å². The van der Waals surface area contributed by atoms with Crippen LogP contribution < -0.4 is 5.32 Å². The molecule has 0 heterocycles. The maximum Gasteiger partial charge on any atom is 0.0201 e. The minimum Gasteiger partial charge on any atom is -0.386 e. The lowest BCUT2D eigenvalue weighted by atomic mass is 10.1. The Hall–Kier alpha value is -0.790. The van der Waals surface area contributed by atoms with E-state index in [0.717, 1.165) is 5.70 Å². The molecule has 0 aliphatic heterocycles. The third-order valence-corrected chi connectivity index (χ3v) is 1.34. The normalized spacial score (nSPS) is 12.4. The minimum atomic E-state index is 0.448. The van der Waals surface area contributed by atoms with E-state index in [0.29, 0.717) is 12.0 Å². The molecule has 0 spiro atoms. The quantitative estimate of drug-likeness (QED) is 0.598. The summed E-state index contributed by atoms with van der Waals surface area (Å²) in [6.45, 7) is 8.43. The van der Waals surface area contributed by atoms with E-state index in [1.165, 1.54) is 6.21 Å². The maximum atomic E-state index is 6.93. The first-order chi connectivity index (χ1) is 5.07. The Balaban J connectivity index is 4.11. The van der Waals surface area contributed by atoms with Gasteiger partial charge in [-0.25, -0.2) is 0 Å². The van der Waals surface area contributed by atoms with E-state index in [1.54, 1.807) is 0 Å². The van der Waals surface area contributed by atoms with Gasteiger partial charge in [0.15, 0.2) is 0 Å². The molecule has 2 heteroatoms. The zero-order valence-electron chi connectivity index (χ0n) is 7.81. The molecule has 11 heavy (non-hydrogen) atoms. The van der Waals surface area contributed by atoms with Gasteiger partial charge >= 0.3 is 0 Å². The Morgan fingerprint density at radius 2 is 1.82 bits per heavy atom. The van der Waals surface area contributed by atoms with Crippen molar-refractivity contribution in [3.05, 3.63) is 11.8 Å². The number of hydrogen-bond acceptors (Lipinski definition) is 2. The van der Waals surface area contributed by atoms with Crippen LogP contribution in [0.25, 0.3) is 0 Å². The lowest BCUT2D eigenvalue weighted by molar-refractivity contribution is 0.590. The molecular weight excluding hydrogens is 136 g/mol. The third kappa shape index (κ3) is 4.59. The number of hydrogen-bond donors (Lipinski definition) is 2. The SMILES string of the molecule is CC(C)N/C(=C\C=N)C(C)C. The molecule has 0 saturated heterocycles. The summed E-state index contributed by atoms with van der Waals surface area (Å²) in [6, 6.07) is 0.448. The van der Waals surface area contributed by atoms with Gasteiger partial charge in [-0.1, -0.05) is 13.8 Å². The van der Waals surface area contributed by atoms with Gasteiger partial charge in [0, 0.05) is 18.0 Å². The topological polar surface area (TPSA) is 35.9 Å². The summed E-state index contributed by atoms with van der Waals surface area (Å²) in [7, 11) is 0. The van der Waals surface area contributed by atoms with Gasteiger partial charge in [0.2, 0.25) is 0 Å². The fourth-order valence-electron chi connectivity index (χ4n) is 0.830. The molecule has 0 fully saturated rings. The van der Waals surface area contributed by atoms with Crippen LogP contribution >= 0.6 is 0 Å². The zero-order chi connectivity index (χ0) is 8.85. The lowest BCUT2D eigenvalue weighted by Gasteiger charge is -2.16. The summed E-state index contributed by atoms with van der Waals surface area (Å²) < 4.78 is 0. The van der Waals surface area contributed by atoms with Crippen LogP contribution in [0.3, 0.4) is 0 Å². The highest BCUT2D eigenvalue weighted by Gasteiger charge is 2.02. The highest BCUT2D eigenvalue weighted by molar-refractivity contribution is 5.68. The Morgan fingerprint density at radius 3 is 2.09 bits per heavy atom. The molecule has 0 amide bonds. The summed E-state index contributed by atoms with van der Waals surface area (Å²) in [5.41, 5.74) is 1.13. The van der Waals surface area contributed by atoms with Gasteiger partial charge in [0.05, 0.1) is 0 Å². The highest BCUT2D eigenvalue weighted by atomic mass is 14.9. The standard InChI is InChI=1S/C9H18N2/c1-7(2)9(5-6-10)11-8(3)4/h5-8,10-11H,1-4H3/b9-5-,10-6?. The molecule has 0 rings (SSSR count). The first-order valence-corrected chi connectivity index (χ1v) is 4.05. The van der Waals surface area contributed by atoms with E-state index in [9.17, 15) is 0 Å². The highest BCUT2D eigenvalue weighted by Crippen LogP contribution is 2.05. The Labute approximate surface area is 69.2 Å². The second-order valence-electron chi connectivity index (χ2n) is 3.24. The zero-order valence-corrected chi connectivity index (χ0v) is 7.81. The van der Waals surface area contributed by atoms with Gasteiger partial charge in [0.1, 0.15) is 0 Å². The minimum absolute atomic E-state index is 0.448. The predicted molar refractivity (Wildman–Crippen MR) is 50.0 cm³/mol.